The molecule has 0 bridgehead atoms. The Bertz CT molecular complexity index is 1390. The van der Waals surface area contributed by atoms with Crippen molar-refractivity contribution < 1.29 is 35.8 Å². The van der Waals surface area contributed by atoms with Gasteiger partial charge >= 0.3 is 6.36 Å². The third-order valence-electron chi connectivity index (χ3n) is 6.45. The van der Waals surface area contributed by atoms with Gasteiger partial charge in [0, 0.05) is 5.39 Å². The minimum absolute atomic E-state index is 0.0308. The van der Waals surface area contributed by atoms with Crippen molar-refractivity contribution in [1.29, 1.82) is 0 Å². The molecule has 0 aliphatic heterocycles. The predicted molar refractivity (Wildman–Crippen MR) is 139 cm³/mol. The van der Waals surface area contributed by atoms with Gasteiger partial charge in [0.1, 0.15) is 11.6 Å². The predicted octanol–water partition coefficient (Wildman–Crippen LogP) is 8.90. The highest BCUT2D eigenvalue weighted by atomic mass is 19.4. The summed E-state index contributed by atoms with van der Waals surface area (Å²) in [6, 6.07) is 18.5. The van der Waals surface area contributed by atoms with Crippen molar-refractivity contribution in [2.75, 3.05) is 6.61 Å². The minimum Gasteiger partial charge on any atom is -0.494 e. The van der Waals surface area contributed by atoms with Crippen LogP contribution in [0.3, 0.4) is 0 Å². The molecule has 0 unspecified atom stereocenters. The number of benzene rings is 4. The molecule has 4 aromatic rings. The lowest BCUT2D eigenvalue weighted by Gasteiger charge is -2.12. The maximum absolute atomic E-state index is 15.2. The molecule has 0 N–H and O–H groups in total. The molecule has 0 atom stereocenters. The molecule has 206 valence electrons. The summed E-state index contributed by atoms with van der Waals surface area (Å²) < 4.78 is 89.3. The zero-order chi connectivity index (χ0) is 28.0. The van der Waals surface area contributed by atoms with E-state index < -0.39 is 29.6 Å². The molecule has 0 radical (unpaired) electrons. The van der Waals surface area contributed by atoms with Crippen LogP contribution in [0.15, 0.2) is 66.7 Å². The molecule has 0 spiro atoms. The fraction of sp³-hybridized carbons (Fsp3) is 0.290. The zero-order valence-corrected chi connectivity index (χ0v) is 21.4. The monoisotopic (exact) mass is 546 g/mol. The smallest absolute Gasteiger partial charge is 0.494 e. The number of hydrogen-bond donors (Lipinski definition) is 0. The Morgan fingerprint density at radius 3 is 2.00 bits per heavy atom. The highest BCUT2D eigenvalue weighted by Gasteiger charge is 2.34. The number of rotatable bonds is 11. The van der Waals surface area contributed by atoms with E-state index in [4.69, 9.17) is 4.74 Å². The van der Waals surface area contributed by atoms with Crippen molar-refractivity contribution in [3.8, 4) is 11.5 Å². The average molecular weight is 547 g/mol. The molecule has 0 heterocycles. The molecule has 2 nitrogen and oxygen atoms in total. The van der Waals surface area contributed by atoms with Crippen LogP contribution in [-0.4, -0.2) is 13.0 Å². The lowest BCUT2D eigenvalue weighted by molar-refractivity contribution is -0.276. The first-order valence-corrected chi connectivity index (χ1v) is 12.8. The Kier molecular flexibility index (Phi) is 9.04. The Labute approximate surface area is 223 Å². The molecular formula is C31H28F6O2. The van der Waals surface area contributed by atoms with Gasteiger partial charge in [0.2, 0.25) is 5.75 Å². The second kappa shape index (κ2) is 12.5. The summed E-state index contributed by atoms with van der Waals surface area (Å²) in [6.45, 7) is 2.82. The van der Waals surface area contributed by atoms with Crippen LogP contribution in [0, 0.1) is 17.5 Å². The summed E-state index contributed by atoms with van der Waals surface area (Å²) in [5.74, 6) is -4.02. The third kappa shape index (κ3) is 7.68. The summed E-state index contributed by atoms with van der Waals surface area (Å²) in [6.07, 6.45) is -1.38. The molecule has 4 rings (SSSR count). The Balaban J connectivity index is 1.39. The molecule has 0 amide bonds. The minimum atomic E-state index is -5.22. The van der Waals surface area contributed by atoms with Gasteiger partial charge in [-0.25, -0.2) is 13.2 Å². The normalized spacial score (nSPS) is 11.7. The average Bonchev–Trinajstić information content (AvgIpc) is 2.89. The van der Waals surface area contributed by atoms with Crippen LogP contribution in [-0.2, 0) is 25.7 Å². The number of ether oxygens (including phenoxy) is 2. The Morgan fingerprint density at radius 2 is 1.33 bits per heavy atom. The quantitative estimate of drug-likeness (QED) is 0.138. The van der Waals surface area contributed by atoms with Gasteiger partial charge in [-0.2, -0.15) is 0 Å². The van der Waals surface area contributed by atoms with Gasteiger partial charge < -0.3 is 9.47 Å². The van der Waals surface area contributed by atoms with Crippen LogP contribution in [0.4, 0.5) is 26.3 Å². The van der Waals surface area contributed by atoms with Gasteiger partial charge in [0.05, 0.1) is 6.61 Å². The first-order chi connectivity index (χ1) is 18.6. The highest BCUT2D eigenvalue weighted by molar-refractivity contribution is 5.84. The van der Waals surface area contributed by atoms with Crippen LogP contribution in [0.2, 0.25) is 0 Å². The van der Waals surface area contributed by atoms with E-state index in [1.165, 1.54) is 5.56 Å². The van der Waals surface area contributed by atoms with Gasteiger partial charge in [0.25, 0.3) is 0 Å². The molecular weight excluding hydrogens is 518 g/mol. The van der Waals surface area contributed by atoms with Crippen molar-refractivity contribution in [1.82, 2.24) is 0 Å². The SMILES string of the molecule is CCCCOc1ccc(CCc2ccc3c(F)c(CCc4cc(F)c(OC(F)(F)F)c(F)c4)ccc3c2)cc1. The van der Waals surface area contributed by atoms with E-state index >= 15 is 4.39 Å². The molecule has 0 aliphatic carbocycles. The van der Waals surface area contributed by atoms with Crippen LogP contribution in [0.1, 0.15) is 42.0 Å². The summed E-state index contributed by atoms with van der Waals surface area (Å²) in [5.41, 5.74) is 2.67. The number of aryl methyl sites for hydroxylation is 4. The van der Waals surface area contributed by atoms with Crippen LogP contribution < -0.4 is 9.47 Å². The molecule has 0 fully saturated rings. The first-order valence-electron chi connectivity index (χ1n) is 12.8. The fourth-order valence-corrected chi connectivity index (χ4v) is 4.36. The largest absolute Gasteiger partial charge is 0.573 e. The molecule has 0 saturated heterocycles. The van der Waals surface area contributed by atoms with Crippen LogP contribution in [0.25, 0.3) is 10.8 Å². The van der Waals surface area contributed by atoms with Gasteiger partial charge in [0.15, 0.2) is 11.6 Å². The molecule has 39 heavy (non-hydrogen) atoms. The summed E-state index contributed by atoms with van der Waals surface area (Å²) in [7, 11) is 0. The van der Waals surface area contributed by atoms with E-state index in [1.807, 2.05) is 36.4 Å². The molecule has 0 saturated carbocycles. The maximum Gasteiger partial charge on any atom is 0.573 e. The van der Waals surface area contributed by atoms with Crippen molar-refractivity contribution in [3.05, 3.63) is 106 Å². The molecule has 8 heteroatoms. The van der Waals surface area contributed by atoms with E-state index in [0.29, 0.717) is 17.6 Å². The van der Waals surface area contributed by atoms with Crippen LogP contribution >= 0.6 is 0 Å². The maximum atomic E-state index is 15.2. The topological polar surface area (TPSA) is 18.5 Å². The molecule has 0 aromatic heterocycles. The van der Waals surface area contributed by atoms with Crippen molar-refractivity contribution in [2.45, 2.75) is 51.8 Å². The second-order valence-electron chi connectivity index (χ2n) is 9.38. The summed E-state index contributed by atoms with van der Waals surface area (Å²) >= 11 is 0. The van der Waals surface area contributed by atoms with E-state index in [1.54, 1.807) is 18.2 Å². The summed E-state index contributed by atoms with van der Waals surface area (Å²) in [5, 5.41) is 1.16. The van der Waals surface area contributed by atoms with E-state index in [-0.39, 0.29) is 18.4 Å². The van der Waals surface area contributed by atoms with Gasteiger partial charge in [-0.05, 0) is 84.0 Å². The number of hydrogen-bond acceptors (Lipinski definition) is 2. The number of fused-ring (bicyclic) bond motifs is 1. The second-order valence-corrected chi connectivity index (χ2v) is 9.38. The van der Waals surface area contributed by atoms with Gasteiger partial charge in [-0.1, -0.05) is 55.8 Å². The molecule has 4 aromatic carbocycles. The van der Waals surface area contributed by atoms with Crippen molar-refractivity contribution >= 4 is 10.8 Å². The van der Waals surface area contributed by atoms with E-state index in [2.05, 4.69) is 11.7 Å². The fourth-order valence-electron chi connectivity index (χ4n) is 4.36. The number of alkyl halides is 3. The van der Waals surface area contributed by atoms with Gasteiger partial charge in [-0.3, -0.25) is 0 Å². The van der Waals surface area contributed by atoms with E-state index in [0.717, 1.165) is 54.5 Å². The zero-order valence-electron chi connectivity index (χ0n) is 21.4. The Hall–Kier alpha value is -3.68. The standard InChI is InChI=1S/C31H28F6O2/c1-2-3-16-38-25-13-7-20(8-14-25)4-5-21-9-15-26-24(17-21)12-11-23(29(26)34)10-6-22-18-27(32)30(28(33)19-22)39-31(35,36)37/h7-9,11-15,17-19H,2-6,10,16H2,1H3. The third-order valence-corrected chi connectivity index (χ3v) is 6.45. The lowest BCUT2D eigenvalue weighted by Crippen LogP contribution is -2.19. The highest BCUT2D eigenvalue weighted by Crippen LogP contribution is 2.30. The van der Waals surface area contributed by atoms with Crippen molar-refractivity contribution in [2.24, 2.45) is 0 Å². The molecule has 0 aliphatic rings. The lowest BCUT2D eigenvalue weighted by atomic mass is 9.97. The van der Waals surface area contributed by atoms with E-state index in [9.17, 15) is 22.0 Å². The number of unbranched alkanes of at least 4 members (excludes halogenated alkanes) is 1. The first kappa shape index (κ1) is 28.3. The number of halogens is 6. The Morgan fingerprint density at radius 1 is 0.692 bits per heavy atom. The van der Waals surface area contributed by atoms with Gasteiger partial charge in [-0.15, -0.1) is 13.2 Å². The summed E-state index contributed by atoms with van der Waals surface area (Å²) in [4.78, 5) is 0. The van der Waals surface area contributed by atoms with Crippen LogP contribution in [0.5, 0.6) is 11.5 Å². The van der Waals surface area contributed by atoms with Crippen molar-refractivity contribution in [3.63, 3.8) is 0 Å².